The minimum absolute atomic E-state index is 0.474. The van der Waals surface area contributed by atoms with Gasteiger partial charge in [-0.15, -0.1) is 0 Å². The van der Waals surface area contributed by atoms with Gasteiger partial charge < -0.3 is 14.5 Å². The number of hydrogen-bond donors (Lipinski definition) is 1. The second-order valence-electron chi connectivity index (χ2n) is 4.44. The second kappa shape index (κ2) is 5.47. The Morgan fingerprint density at radius 3 is 2.70 bits per heavy atom. The van der Waals surface area contributed by atoms with Crippen molar-refractivity contribution in [2.24, 2.45) is 0 Å². The lowest BCUT2D eigenvalue weighted by Gasteiger charge is -2.09. The van der Waals surface area contributed by atoms with E-state index >= 15 is 0 Å². The Morgan fingerprint density at radius 1 is 1.10 bits per heavy atom. The molecule has 0 bridgehead atoms. The van der Waals surface area contributed by atoms with Crippen molar-refractivity contribution in [2.45, 2.75) is 6.61 Å². The first-order chi connectivity index (χ1) is 9.78. The fourth-order valence-electron chi connectivity index (χ4n) is 2.17. The van der Waals surface area contributed by atoms with E-state index in [1.807, 2.05) is 48.7 Å². The molecule has 3 aromatic rings. The molecule has 0 fully saturated rings. The maximum atomic E-state index is 5.97. The van der Waals surface area contributed by atoms with Gasteiger partial charge in [-0.25, -0.2) is 0 Å². The largest absolute Gasteiger partial charge is 0.493 e. The Morgan fingerprint density at radius 2 is 1.90 bits per heavy atom. The van der Waals surface area contributed by atoms with E-state index in [9.17, 15) is 0 Å². The highest BCUT2D eigenvalue weighted by Crippen LogP contribution is 2.28. The van der Waals surface area contributed by atoms with Gasteiger partial charge in [-0.3, -0.25) is 0 Å². The van der Waals surface area contributed by atoms with Crippen LogP contribution in [0.1, 0.15) is 5.56 Å². The summed E-state index contributed by atoms with van der Waals surface area (Å²) in [6.07, 6.45) is 1.94. The number of nitrogens with one attached hydrogen (secondary N) is 1. The number of para-hydroxylation sites is 2. The molecule has 3 nitrogen and oxygen atoms in total. The summed E-state index contributed by atoms with van der Waals surface area (Å²) in [5.74, 6) is 1.47. The standard InChI is InChI=1S/C16H14ClNO2/c1-19-15-4-2-3-5-16(15)20-10-11-9-18-14-8-12(17)6-7-13(11)14/h2-9,18H,10H2,1H3. The zero-order chi connectivity index (χ0) is 13.9. The van der Waals surface area contributed by atoms with E-state index in [2.05, 4.69) is 4.98 Å². The van der Waals surface area contributed by atoms with Gasteiger partial charge in [0.2, 0.25) is 0 Å². The summed E-state index contributed by atoms with van der Waals surface area (Å²) < 4.78 is 11.1. The molecular weight excluding hydrogens is 274 g/mol. The van der Waals surface area contributed by atoms with E-state index in [0.29, 0.717) is 6.61 Å². The van der Waals surface area contributed by atoms with Crippen LogP contribution in [0.15, 0.2) is 48.7 Å². The number of H-pyrrole nitrogens is 1. The smallest absolute Gasteiger partial charge is 0.161 e. The average molecular weight is 288 g/mol. The number of rotatable bonds is 4. The predicted octanol–water partition coefficient (Wildman–Crippen LogP) is 4.41. The van der Waals surface area contributed by atoms with Crippen LogP contribution in [-0.2, 0) is 6.61 Å². The van der Waals surface area contributed by atoms with E-state index < -0.39 is 0 Å². The van der Waals surface area contributed by atoms with Crippen LogP contribution in [-0.4, -0.2) is 12.1 Å². The first-order valence-electron chi connectivity index (χ1n) is 6.29. The van der Waals surface area contributed by atoms with Crippen LogP contribution in [0.5, 0.6) is 11.5 Å². The summed E-state index contributed by atoms with van der Waals surface area (Å²) in [6, 6.07) is 13.4. The lowest BCUT2D eigenvalue weighted by molar-refractivity contribution is 0.285. The number of benzene rings is 2. The van der Waals surface area contributed by atoms with Crippen LogP contribution in [0.3, 0.4) is 0 Å². The minimum Gasteiger partial charge on any atom is -0.493 e. The minimum atomic E-state index is 0.474. The monoisotopic (exact) mass is 287 g/mol. The van der Waals surface area contributed by atoms with Crippen molar-refractivity contribution < 1.29 is 9.47 Å². The quantitative estimate of drug-likeness (QED) is 0.771. The van der Waals surface area contributed by atoms with E-state index in [-0.39, 0.29) is 0 Å². The molecule has 0 amide bonds. The van der Waals surface area contributed by atoms with Gasteiger partial charge in [-0.1, -0.05) is 29.8 Å². The zero-order valence-corrected chi connectivity index (χ0v) is 11.8. The van der Waals surface area contributed by atoms with Crippen molar-refractivity contribution in [1.82, 2.24) is 4.98 Å². The molecule has 1 aromatic heterocycles. The average Bonchev–Trinajstić information content (AvgIpc) is 2.87. The Bertz CT molecular complexity index is 736. The van der Waals surface area contributed by atoms with E-state index in [4.69, 9.17) is 21.1 Å². The third-order valence-electron chi connectivity index (χ3n) is 3.18. The molecular formula is C16H14ClNO2. The van der Waals surface area contributed by atoms with Crippen molar-refractivity contribution in [3.8, 4) is 11.5 Å². The molecule has 0 saturated heterocycles. The van der Waals surface area contributed by atoms with Gasteiger partial charge in [0.15, 0.2) is 11.5 Å². The van der Waals surface area contributed by atoms with Gasteiger partial charge in [0.25, 0.3) is 0 Å². The SMILES string of the molecule is COc1ccccc1OCc1c[nH]c2cc(Cl)ccc12. The van der Waals surface area contributed by atoms with E-state index in [1.165, 1.54) is 0 Å². The number of halogens is 1. The van der Waals surface area contributed by atoms with Gasteiger partial charge >= 0.3 is 0 Å². The summed E-state index contributed by atoms with van der Waals surface area (Å²) in [5.41, 5.74) is 2.10. The lowest BCUT2D eigenvalue weighted by atomic mass is 10.2. The molecule has 1 N–H and O–H groups in total. The second-order valence-corrected chi connectivity index (χ2v) is 4.88. The number of fused-ring (bicyclic) bond motifs is 1. The van der Waals surface area contributed by atoms with Gasteiger partial charge in [0, 0.05) is 27.7 Å². The summed E-state index contributed by atoms with van der Waals surface area (Å²) >= 11 is 5.97. The summed E-state index contributed by atoms with van der Waals surface area (Å²) in [6.45, 7) is 0.474. The summed E-state index contributed by atoms with van der Waals surface area (Å²) in [7, 11) is 1.63. The van der Waals surface area contributed by atoms with Crippen LogP contribution >= 0.6 is 11.6 Å². The highest BCUT2D eigenvalue weighted by molar-refractivity contribution is 6.31. The highest BCUT2D eigenvalue weighted by atomic mass is 35.5. The van der Waals surface area contributed by atoms with Gasteiger partial charge in [-0.05, 0) is 24.3 Å². The highest BCUT2D eigenvalue weighted by Gasteiger charge is 2.07. The zero-order valence-electron chi connectivity index (χ0n) is 11.0. The predicted molar refractivity (Wildman–Crippen MR) is 80.6 cm³/mol. The van der Waals surface area contributed by atoms with Crippen LogP contribution in [0.25, 0.3) is 10.9 Å². The molecule has 102 valence electrons. The lowest BCUT2D eigenvalue weighted by Crippen LogP contribution is -1.96. The van der Waals surface area contributed by atoms with Crippen molar-refractivity contribution in [3.63, 3.8) is 0 Å². The molecule has 0 saturated carbocycles. The summed E-state index contributed by atoms with van der Waals surface area (Å²) in [4.78, 5) is 3.20. The van der Waals surface area contributed by atoms with E-state index in [1.54, 1.807) is 7.11 Å². The molecule has 0 atom stereocenters. The van der Waals surface area contributed by atoms with Crippen molar-refractivity contribution in [3.05, 3.63) is 59.2 Å². The molecule has 0 radical (unpaired) electrons. The van der Waals surface area contributed by atoms with Crippen LogP contribution in [0.2, 0.25) is 5.02 Å². The van der Waals surface area contributed by atoms with E-state index in [0.717, 1.165) is 33.0 Å². The first-order valence-corrected chi connectivity index (χ1v) is 6.67. The molecule has 0 spiro atoms. The molecule has 0 aliphatic rings. The molecule has 2 aromatic carbocycles. The molecule has 1 heterocycles. The number of aromatic amines is 1. The van der Waals surface area contributed by atoms with Gasteiger partial charge in [-0.2, -0.15) is 0 Å². The third kappa shape index (κ3) is 2.45. The summed E-state index contributed by atoms with van der Waals surface area (Å²) in [5, 5.41) is 1.83. The Hall–Kier alpha value is -2.13. The fraction of sp³-hybridized carbons (Fsp3) is 0.125. The van der Waals surface area contributed by atoms with Crippen LogP contribution in [0, 0.1) is 0 Å². The third-order valence-corrected chi connectivity index (χ3v) is 3.42. The molecule has 3 rings (SSSR count). The van der Waals surface area contributed by atoms with Gasteiger partial charge in [0.05, 0.1) is 7.11 Å². The molecule has 4 heteroatoms. The molecule has 20 heavy (non-hydrogen) atoms. The van der Waals surface area contributed by atoms with Crippen LogP contribution in [0.4, 0.5) is 0 Å². The Balaban J connectivity index is 1.83. The molecule has 0 aliphatic heterocycles. The normalized spacial score (nSPS) is 10.7. The molecule has 0 aliphatic carbocycles. The van der Waals surface area contributed by atoms with Crippen LogP contribution < -0.4 is 9.47 Å². The first kappa shape index (κ1) is 12.9. The number of methoxy groups -OCH3 is 1. The Kier molecular flexibility index (Phi) is 3.52. The van der Waals surface area contributed by atoms with Gasteiger partial charge in [0.1, 0.15) is 6.61 Å². The Labute approximate surface area is 122 Å². The van der Waals surface area contributed by atoms with Crippen molar-refractivity contribution in [2.75, 3.05) is 7.11 Å². The number of hydrogen-bond acceptors (Lipinski definition) is 2. The van der Waals surface area contributed by atoms with Crippen molar-refractivity contribution in [1.29, 1.82) is 0 Å². The fourth-order valence-corrected chi connectivity index (χ4v) is 2.34. The topological polar surface area (TPSA) is 34.2 Å². The number of aromatic nitrogens is 1. The maximum Gasteiger partial charge on any atom is 0.161 e. The number of ether oxygens (including phenoxy) is 2. The maximum absolute atomic E-state index is 5.97. The van der Waals surface area contributed by atoms with Crippen molar-refractivity contribution >= 4 is 22.5 Å². The molecule has 0 unspecified atom stereocenters.